The highest BCUT2D eigenvalue weighted by Gasteiger charge is 2.25. The van der Waals surface area contributed by atoms with Gasteiger partial charge < -0.3 is 5.11 Å². The van der Waals surface area contributed by atoms with Crippen LogP contribution in [0.1, 0.15) is 36.4 Å². The lowest BCUT2D eigenvalue weighted by atomic mass is 10.1. The van der Waals surface area contributed by atoms with Gasteiger partial charge in [0, 0.05) is 16.9 Å². The summed E-state index contributed by atoms with van der Waals surface area (Å²) < 4.78 is 1.13. The molecule has 0 saturated carbocycles. The van der Waals surface area contributed by atoms with Gasteiger partial charge in [0.05, 0.1) is 0 Å². The summed E-state index contributed by atoms with van der Waals surface area (Å²) in [6.07, 6.45) is 3.22. The summed E-state index contributed by atoms with van der Waals surface area (Å²) in [6.45, 7) is 0.840. The van der Waals surface area contributed by atoms with E-state index < -0.39 is 5.97 Å². The molecule has 0 amide bonds. The van der Waals surface area contributed by atoms with Crippen molar-refractivity contribution in [2.45, 2.75) is 31.7 Å². The molecule has 1 unspecified atom stereocenters. The second-order valence-electron chi connectivity index (χ2n) is 4.88. The highest BCUT2D eigenvalue weighted by atomic mass is 79.9. The van der Waals surface area contributed by atoms with Crippen molar-refractivity contribution in [1.29, 1.82) is 0 Å². The van der Waals surface area contributed by atoms with Crippen LogP contribution in [0.5, 0.6) is 0 Å². The first-order chi connectivity index (χ1) is 8.58. The number of nitrogens with zero attached hydrogens (tertiary/aromatic N) is 1. The molecule has 1 N–H and O–H groups in total. The Balaban J connectivity index is 1.97. The monoisotopic (exact) mass is 311 g/mol. The van der Waals surface area contributed by atoms with Crippen molar-refractivity contribution >= 4 is 21.9 Å². The molecule has 0 aliphatic heterocycles. The summed E-state index contributed by atoms with van der Waals surface area (Å²) >= 11 is 3.50. The van der Waals surface area contributed by atoms with Crippen LogP contribution in [-0.2, 0) is 11.2 Å². The molecule has 2 rings (SSSR count). The molecule has 3 nitrogen and oxygen atoms in total. The van der Waals surface area contributed by atoms with Crippen LogP contribution in [0.4, 0.5) is 0 Å². The summed E-state index contributed by atoms with van der Waals surface area (Å²) in [5.41, 5.74) is 2.82. The van der Waals surface area contributed by atoms with E-state index in [9.17, 15) is 4.79 Å². The molecule has 0 aromatic heterocycles. The van der Waals surface area contributed by atoms with Crippen molar-refractivity contribution < 1.29 is 9.90 Å². The molecule has 1 aromatic rings. The lowest BCUT2D eigenvalue weighted by Crippen LogP contribution is -2.24. The molecule has 98 valence electrons. The van der Waals surface area contributed by atoms with Crippen LogP contribution in [0.2, 0.25) is 0 Å². The van der Waals surface area contributed by atoms with Crippen molar-refractivity contribution in [3.05, 3.63) is 33.8 Å². The molecule has 0 bridgehead atoms. The van der Waals surface area contributed by atoms with Crippen LogP contribution < -0.4 is 0 Å². The number of rotatable bonds is 5. The van der Waals surface area contributed by atoms with Crippen LogP contribution in [0.25, 0.3) is 0 Å². The van der Waals surface area contributed by atoms with Crippen molar-refractivity contribution in [3.8, 4) is 0 Å². The SMILES string of the molecule is CN(CCCC(=O)O)C1CCc2cc(Br)ccc21. The third-order valence-corrected chi connectivity index (χ3v) is 4.08. The largest absolute Gasteiger partial charge is 0.481 e. The summed E-state index contributed by atoms with van der Waals surface area (Å²) in [6, 6.07) is 6.91. The van der Waals surface area contributed by atoms with E-state index in [1.54, 1.807) is 0 Å². The smallest absolute Gasteiger partial charge is 0.303 e. The number of benzene rings is 1. The Kier molecular flexibility index (Phi) is 4.40. The van der Waals surface area contributed by atoms with E-state index in [1.165, 1.54) is 11.1 Å². The standard InChI is InChI=1S/C14H18BrNO2/c1-16(8-2-3-14(17)18)13-7-4-10-9-11(15)5-6-12(10)13/h5-6,9,13H,2-4,7-8H2,1H3,(H,17,18). The minimum Gasteiger partial charge on any atom is -0.481 e. The number of halogens is 1. The molecular weight excluding hydrogens is 294 g/mol. The number of fused-ring (bicyclic) bond motifs is 1. The van der Waals surface area contributed by atoms with E-state index in [2.05, 4.69) is 46.1 Å². The predicted molar refractivity (Wildman–Crippen MR) is 74.7 cm³/mol. The van der Waals surface area contributed by atoms with Gasteiger partial charge in [-0.15, -0.1) is 0 Å². The van der Waals surface area contributed by atoms with Crippen LogP contribution in [-0.4, -0.2) is 29.6 Å². The topological polar surface area (TPSA) is 40.5 Å². The fraction of sp³-hybridized carbons (Fsp3) is 0.500. The molecule has 0 fully saturated rings. The Morgan fingerprint density at radius 1 is 1.56 bits per heavy atom. The molecule has 0 radical (unpaired) electrons. The summed E-state index contributed by atoms with van der Waals surface area (Å²) in [5, 5.41) is 8.66. The van der Waals surface area contributed by atoms with E-state index in [1.807, 2.05) is 0 Å². The van der Waals surface area contributed by atoms with Gasteiger partial charge in [0.25, 0.3) is 0 Å². The number of carboxylic acids is 1. The zero-order valence-corrected chi connectivity index (χ0v) is 12.1. The first-order valence-electron chi connectivity index (χ1n) is 6.28. The third-order valence-electron chi connectivity index (χ3n) is 3.58. The lowest BCUT2D eigenvalue weighted by Gasteiger charge is -2.25. The van der Waals surface area contributed by atoms with Gasteiger partial charge in [-0.05, 0) is 56.1 Å². The molecule has 1 aliphatic carbocycles. The zero-order chi connectivity index (χ0) is 13.1. The normalized spacial score (nSPS) is 18.1. The first kappa shape index (κ1) is 13.6. The highest BCUT2D eigenvalue weighted by molar-refractivity contribution is 9.10. The van der Waals surface area contributed by atoms with Gasteiger partial charge in [0.1, 0.15) is 0 Å². The Bertz CT molecular complexity index is 447. The number of hydrogen-bond donors (Lipinski definition) is 1. The number of hydrogen-bond acceptors (Lipinski definition) is 2. The van der Waals surface area contributed by atoms with Crippen LogP contribution >= 0.6 is 15.9 Å². The van der Waals surface area contributed by atoms with Crippen LogP contribution in [0.15, 0.2) is 22.7 Å². The Labute approximate surface area is 116 Å². The third kappa shape index (κ3) is 3.12. The molecule has 0 spiro atoms. The molecule has 1 aliphatic rings. The predicted octanol–water partition coefficient (Wildman–Crippen LogP) is 3.23. The van der Waals surface area contributed by atoms with Crippen molar-refractivity contribution in [2.75, 3.05) is 13.6 Å². The van der Waals surface area contributed by atoms with Crippen molar-refractivity contribution in [1.82, 2.24) is 4.90 Å². The summed E-state index contributed by atoms with van der Waals surface area (Å²) in [7, 11) is 2.09. The number of carboxylic acid groups (broad SMARTS) is 1. The van der Waals surface area contributed by atoms with Gasteiger partial charge in [-0.25, -0.2) is 0 Å². The van der Waals surface area contributed by atoms with Gasteiger partial charge in [0.15, 0.2) is 0 Å². The molecule has 18 heavy (non-hydrogen) atoms. The van der Waals surface area contributed by atoms with Gasteiger partial charge in [-0.1, -0.05) is 22.0 Å². The van der Waals surface area contributed by atoms with E-state index in [-0.39, 0.29) is 6.42 Å². The second kappa shape index (κ2) is 5.85. The average molecular weight is 312 g/mol. The summed E-state index contributed by atoms with van der Waals surface area (Å²) in [5.74, 6) is -0.709. The minimum atomic E-state index is -0.709. The Morgan fingerprint density at radius 2 is 2.33 bits per heavy atom. The quantitative estimate of drug-likeness (QED) is 0.907. The van der Waals surface area contributed by atoms with E-state index >= 15 is 0 Å². The fourth-order valence-corrected chi connectivity index (χ4v) is 3.07. The van der Waals surface area contributed by atoms with Gasteiger partial charge >= 0.3 is 5.97 Å². The lowest BCUT2D eigenvalue weighted by molar-refractivity contribution is -0.137. The van der Waals surface area contributed by atoms with Crippen molar-refractivity contribution in [3.63, 3.8) is 0 Å². The van der Waals surface area contributed by atoms with E-state index in [4.69, 9.17) is 5.11 Å². The van der Waals surface area contributed by atoms with Crippen LogP contribution in [0, 0.1) is 0 Å². The molecule has 0 saturated heterocycles. The summed E-state index contributed by atoms with van der Waals surface area (Å²) in [4.78, 5) is 12.8. The van der Waals surface area contributed by atoms with Gasteiger partial charge in [-0.2, -0.15) is 0 Å². The van der Waals surface area contributed by atoms with Gasteiger partial charge in [0.2, 0.25) is 0 Å². The average Bonchev–Trinajstić information content (AvgIpc) is 2.71. The number of carbonyl (C=O) groups is 1. The molecule has 4 heteroatoms. The maximum atomic E-state index is 10.5. The zero-order valence-electron chi connectivity index (χ0n) is 10.5. The fourth-order valence-electron chi connectivity index (χ4n) is 2.66. The van der Waals surface area contributed by atoms with E-state index in [0.29, 0.717) is 12.5 Å². The maximum absolute atomic E-state index is 10.5. The number of aliphatic carboxylic acids is 1. The molecular formula is C14H18BrNO2. The highest BCUT2D eigenvalue weighted by Crippen LogP contribution is 2.36. The molecule has 1 aromatic carbocycles. The van der Waals surface area contributed by atoms with E-state index in [0.717, 1.165) is 23.9 Å². The molecule has 0 heterocycles. The Hall–Kier alpha value is -0.870. The van der Waals surface area contributed by atoms with Crippen LogP contribution in [0.3, 0.4) is 0 Å². The minimum absolute atomic E-state index is 0.254. The maximum Gasteiger partial charge on any atom is 0.303 e. The number of aryl methyl sites for hydroxylation is 1. The van der Waals surface area contributed by atoms with Gasteiger partial charge in [-0.3, -0.25) is 9.69 Å². The molecule has 1 atom stereocenters. The van der Waals surface area contributed by atoms with Crippen molar-refractivity contribution in [2.24, 2.45) is 0 Å². The Morgan fingerprint density at radius 3 is 3.06 bits per heavy atom. The first-order valence-corrected chi connectivity index (χ1v) is 7.07. The second-order valence-corrected chi connectivity index (χ2v) is 5.79.